The summed E-state index contributed by atoms with van der Waals surface area (Å²) < 4.78 is 53.3. The van der Waals surface area contributed by atoms with E-state index in [1.807, 2.05) is 6.92 Å². The van der Waals surface area contributed by atoms with Crippen LogP contribution in [0.1, 0.15) is 44.6 Å². The van der Waals surface area contributed by atoms with Crippen LogP contribution in [0.3, 0.4) is 0 Å². The normalized spacial score (nSPS) is 11.8. The first-order valence-electron chi connectivity index (χ1n) is 6.27. The summed E-state index contributed by atoms with van der Waals surface area (Å²) in [5.74, 6) is -5.21. The van der Waals surface area contributed by atoms with E-state index < -0.39 is 24.0 Å². The van der Waals surface area contributed by atoms with Gasteiger partial charge in [-0.05, 0) is 18.1 Å². The highest BCUT2D eigenvalue weighted by molar-refractivity contribution is 5.20. The lowest BCUT2D eigenvalue weighted by atomic mass is 10.0. The minimum Gasteiger partial charge on any atom is -0.207 e. The van der Waals surface area contributed by atoms with Crippen LogP contribution in [0.4, 0.5) is 17.6 Å². The van der Waals surface area contributed by atoms with Gasteiger partial charge in [0.2, 0.25) is 0 Å². The van der Waals surface area contributed by atoms with Gasteiger partial charge in [-0.15, -0.1) is 0 Å². The molecule has 0 nitrogen and oxygen atoms in total. The molecule has 0 fully saturated rings. The molecule has 0 saturated carbocycles. The minimum atomic E-state index is -2.97. The fraction of sp³-hybridized carbons (Fsp3) is 0.571. The molecule has 0 saturated heterocycles. The van der Waals surface area contributed by atoms with Crippen LogP contribution >= 0.6 is 0 Å². The second-order valence-corrected chi connectivity index (χ2v) is 4.56. The lowest BCUT2D eigenvalue weighted by molar-refractivity contribution is -0.0103. The van der Waals surface area contributed by atoms with E-state index in [2.05, 4.69) is 0 Å². The van der Waals surface area contributed by atoms with Crippen LogP contribution in [-0.4, -0.2) is 5.92 Å². The topological polar surface area (TPSA) is 0 Å². The number of unbranched alkanes of at least 4 members (excludes halogenated alkanes) is 3. The number of hydrogen-bond donors (Lipinski definition) is 0. The van der Waals surface area contributed by atoms with Crippen molar-refractivity contribution in [3.05, 3.63) is 35.4 Å². The van der Waals surface area contributed by atoms with E-state index >= 15 is 0 Å². The van der Waals surface area contributed by atoms with Crippen LogP contribution in [0, 0.1) is 11.6 Å². The van der Waals surface area contributed by atoms with E-state index in [-0.39, 0.29) is 12.0 Å². The standard InChI is InChI=1S/C14H18F4/c1-2-3-4-5-9-14(17,18)10-11-7-6-8-12(15)13(11)16/h6-8H,2-5,9-10H2,1H3. The monoisotopic (exact) mass is 262 g/mol. The summed E-state index contributed by atoms with van der Waals surface area (Å²) in [6.07, 6.45) is 2.05. The molecule has 0 radical (unpaired) electrons. The quantitative estimate of drug-likeness (QED) is 0.473. The molecule has 1 rings (SSSR count). The summed E-state index contributed by atoms with van der Waals surface area (Å²) in [6, 6.07) is 3.39. The van der Waals surface area contributed by atoms with Gasteiger partial charge in [0.25, 0.3) is 5.92 Å². The average Bonchev–Trinajstić information content (AvgIpc) is 2.31. The van der Waals surface area contributed by atoms with Gasteiger partial charge < -0.3 is 0 Å². The number of halogens is 4. The third-order valence-corrected chi connectivity index (χ3v) is 2.88. The van der Waals surface area contributed by atoms with Crippen molar-refractivity contribution in [1.29, 1.82) is 0 Å². The zero-order valence-corrected chi connectivity index (χ0v) is 10.5. The van der Waals surface area contributed by atoms with Crippen molar-refractivity contribution in [3.63, 3.8) is 0 Å². The van der Waals surface area contributed by atoms with Gasteiger partial charge in [-0.3, -0.25) is 0 Å². The number of hydrogen-bond acceptors (Lipinski definition) is 0. The zero-order chi connectivity index (χ0) is 13.6. The molecule has 0 aliphatic rings. The highest BCUT2D eigenvalue weighted by atomic mass is 19.3. The second kappa shape index (κ2) is 6.76. The molecule has 18 heavy (non-hydrogen) atoms. The van der Waals surface area contributed by atoms with Crippen molar-refractivity contribution in [2.75, 3.05) is 0 Å². The van der Waals surface area contributed by atoms with Crippen molar-refractivity contribution in [1.82, 2.24) is 0 Å². The van der Waals surface area contributed by atoms with E-state index in [4.69, 9.17) is 0 Å². The van der Waals surface area contributed by atoms with Gasteiger partial charge in [0, 0.05) is 12.8 Å². The number of rotatable bonds is 7. The van der Waals surface area contributed by atoms with Crippen LogP contribution in [0.25, 0.3) is 0 Å². The molecule has 0 aliphatic heterocycles. The Hall–Kier alpha value is -1.06. The Kier molecular flexibility index (Phi) is 5.63. The fourth-order valence-corrected chi connectivity index (χ4v) is 1.86. The van der Waals surface area contributed by atoms with E-state index in [0.29, 0.717) is 6.42 Å². The number of benzene rings is 1. The van der Waals surface area contributed by atoms with Crippen molar-refractivity contribution < 1.29 is 17.6 Å². The summed E-state index contributed by atoms with van der Waals surface area (Å²) in [7, 11) is 0. The summed E-state index contributed by atoms with van der Waals surface area (Å²) in [4.78, 5) is 0. The van der Waals surface area contributed by atoms with E-state index in [0.717, 1.165) is 25.3 Å². The van der Waals surface area contributed by atoms with Gasteiger partial charge in [0.05, 0.1) is 0 Å². The predicted octanol–water partition coefficient (Wildman–Crippen LogP) is 5.11. The maximum Gasteiger partial charge on any atom is 0.252 e. The highest BCUT2D eigenvalue weighted by Crippen LogP contribution is 2.28. The van der Waals surface area contributed by atoms with E-state index in [9.17, 15) is 17.6 Å². The lowest BCUT2D eigenvalue weighted by Gasteiger charge is -2.16. The van der Waals surface area contributed by atoms with Crippen molar-refractivity contribution in [2.24, 2.45) is 0 Å². The maximum atomic E-state index is 13.6. The average molecular weight is 262 g/mol. The van der Waals surface area contributed by atoms with Crippen LogP contribution in [0.5, 0.6) is 0 Å². The van der Waals surface area contributed by atoms with Crippen LogP contribution < -0.4 is 0 Å². The Morgan fingerprint density at radius 2 is 1.78 bits per heavy atom. The molecular formula is C14H18F4. The molecule has 0 N–H and O–H groups in total. The molecule has 4 heteroatoms. The van der Waals surface area contributed by atoms with Gasteiger partial charge in [-0.25, -0.2) is 17.6 Å². The molecule has 0 bridgehead atoms. The number of alkyl halides is 2. The van der Waals surface area contributed by atoms with Gasteiger partial charge in [-0.2, -0.15) is 0 Å². The maximum absolute atomic E-state index is 13.6. The second-order valence-electron chi connectivity index (χ2n) is 4.56. The molecule has 1 aromatic carbocycles. The first-order valence-corrected chi connectivity index (χ1v) is 6.27. The Bertz CT molecular complexity index is 374. The zero-order valence-electron chi connectivity index (χ0n) is 10.5. The Labute approximate surface area is 105 Å². The lowest BCUT2D eigenvalue weighted by Crippen LogP contribution is -2.20. The van der Waals surface area contributed by atoms with E-state index in [1.165, 1.54) is 12.1 Å². The molecular weight excluding hydrogens is 244 g/mol. The van der Waals surface area contributed by atoms with Gasteiger partial charge in [0.1, 0.15) is 0 Å². The molecule has 0 aliphatic carbocycles. The summed E-state index contributed by atoms with van der Waals surface area (Å²) in [5, 5.41) is 0. The van der Waals surface area contributed by atoms with Crippen LogP contribution in [-0.2, 0) is 6.42 Å². The predicted molar refractivity (Wildman–Crippen MR) is 63.8 cm³/mol. The van der Waals surface area contributed by atoms with Crippen molar-refractivity contribution in [3.8, 4) is 0 Å². The van der Waals surface area contributed by atoms with Crippen molar-refractivity contribution in [2.45, 2.75) is 51.4 Å². The summed E-state index contributed by atoms with van der Waals surface area (Å²) in [6.45, 7) is 2.00. The van der Waals surface area contributed by atoms with E-state index in [1.54, 1.807) is 0 Å². The molecule has 0 spiro atoms. The first-order chi connectivity index (χ1) is 8.46. The molecule has 0 aromatic heterocycles. The van der Waals surface area contributed by atoms with Crippen LogP contribution in [0.15, 0.2) is 18.2 Å². The SMILES string of the molecule is CCCCCCC(F)(F)Cc1cccc(F)c1F. The minimum absolute atomic E-state index is 0.254. The smallest absolute Gasteiger partial charge is 0.207 e. The molecule has 1 aromatic rings. The molecule has 0 heterocycles. The van der Waals surface area contributed by atoms with Gasteiger partial charge in [-0.1, -0.05) is 38.3 Å². The molecule has 0 unspecified atom stereocenters. The molecule has 102 valence electrons. The summed E-state index contributed by atoms with van der Waals surface area (Å²) in [5.41, 5.74) is -0.254. The first kappa shape index (κ1) is 15.0. The highest BCUT2D eigenvalue weighted by Gasteiger charge is 2.30. The Morgan fingerprint density at radius 1 is 1.06 bits per heavy atom. The van der Waals surface area contributed by atoms with Gasteiger partial charge in [0.15, 0.2) is 11.6 Å². The third-order valence-electron chi connectivity index (χ3n) is 2.88. The van der Waals surface area contributed by atoms with Gasteiger partial charge >= 0.3 is 0 Å². The third kappa shape index (κ3) is 4.67. The molecule has 0 amide bonds. The van der Waals surface area contributed by atoms with Crippen molar-refractivity contribution >= 4 is 0 Å². The largest absolute Gasteiger partial charge is 0.252 e. The Balaban J connectivity index is 2.56. The van der Waals surface area contributed by atoms with Crippen LogP contribution in [0.2, 0.25) is 0 Å². The summed E-state index contributed by atoms with van der Waals surface area (Å²) >= 11 is 0. The molecule has 0 atom stereocenters. The fourth-order valence-electron chi connectivity index (χ4n) is 1.86. The Morgan fingerprint density at radius 3 is 2.44 bits per heavy atom.